The Morgan fingerprint density at radius 3 is 2.66 bits per heavy atom. The maximum Gasteiger partial charge on any atom is 0.406 e. The number of ether oxygens (including phenoxy) is 2. The number of alkyl halides is 3. The van der Waals surface area contributed by atoms with Crippen LogP contribution in [0.4, 0.5) is 13.2 Å². The Balaban J connectivity index is 1.44. The SMILES string of the molecule is Cc1cc(C(=O)CSc2nnc(C3COc4ccccc4O3)n2C)c(C)n1CC(F)(F)F. The van der Waals surface area contributed by atoms with Gasteiger partial charge in [-0.15, -0.1) is 10.2 Å². The molecule has 32 heavy (non-hydrogen) atoms. The first-order valence-electron chi connectivity index (χ1n) is 9.81. The lowest BCUT2D eigenvalue weighted by Gasteiger charge is -2.25. The predicted octanol–water partition coefficient (Wildman–Crippen LogP) is 4.28. The van der Waals surface area contributed by atoms with Gasteiger partial charge in [0.05, 0.1) is 5.75 Å². The second kappa shape index (κ2) is 8.53. The van der Waals surface area contributed by atoms with Crippen molar-refractivity contribution < 1.29 is 27.4 Å². The summed E-state index contributed by atoms with van der Waals surface area (Å²) in [5.41, 5.74) is 0.974. The van der Waals surface area contributed by atoms with E-state index in [9.17, 15) is 18.0 Å². The zero-order valence-electron chi connectivity index (χ0n) is 17.6. The van der Waals surface area contributed by atoms with E-state index in [0.29, 0.717) is 33.9 Å². The molecule has 1 unspecified atom stereocenters. The number of thioether (sulfide) groups is 1. The minimum Gasteiger partial charge on any atom is -0.485 e. The number of halogens is 3. The smallest absolute Gasteiger partial charge is 0.406 e. The van der Waals surface area contributed by atoms with Crippen molar-refractivity contribution in [3.05, 3.63) is 53.1 Å². The van der Waals surface area contributed by atoms with E-state index < -0.39 is 18.8 Å². The fourth-order valence-corrected chi connectivity index (χ4v) is 4.39. The number of para-hydroxylation sites is 2. The van der Waals surface area contributed by atoms with Crippen molar-refractivity contribution in [1.29, 1.82) is 0 Å². The number of nitrogens with zero attached hydrogens (tertiary/aromatic N) is 4. The Bertz CT molecular complexity index is 1160. The van der Waals surface area contributed by atoms with Crippen LogP contribution in [0, 0.1) is 13.8 Å². The second-order valence-electron chi connectivity index (χ2n) is 7.46. The Hall–Kier alpha value is -2.95. The van der Waals surface area contributed by atoms with Gasteiger partial charge in [-0.1, -0.05) is 23.9 Å². The summed E-state index contributed by atoms with van der Waals surface area (Å²) in [4.78, 5) is 12.7. The molecule has 170 valence electrons. The molecule has 0 saturated carbocycles. The fraction of sp³-hybridized carbons (Fsp3) is 0.381. The molecule has 7 nitrogen and oxygen atoms in total. The third-order valence-corrected chi connectivity index (χ3v) is 6.23. The molecule has 0 radical (unpaired) electrons. The summed E-state index contributed by atoms with van der Waals surface area (Å²) >= 11 is 1.17. The zero-order valence-corrected chi connectivity index (χ0v) is 18.5. The summed E-state index contributed by atoms with van der Waals surface area (Å²) in [5.74, 6) is 1.58. The second-order valence-corrected chi connectivity index (χ2v) is 8.40. The van der Waals surface area contributed by atoms with Gasteiger partial charge in [0.1, 0.15) is 13.2 Å². The van der Waals surface area contributed by atoms with E-state index >= 15 is 0 Å². The Kier molecular flexibility index (Phi) is 5.93. The first-order valence-corrected chi connectivity index (χ1v) is 10.8. The summed E-state index contributed by atoms with van der Waals surface area (Å²) < 4.78 is 53.0. The van der Waals surface area contributed by atoms with Gasteiger partial charge in [-0.05, 0) is 32.0 Å². The molecule has 1 aliphatic heterocycles. The Morgan fingerprint density at radius 1 is 1.22 bits per heavy atom. The third kappa shape index (κ3) is 4.47. The summed E-state index contributed by atoms with van der Waals surface area (Å²) in [6, 6.07) is 8.83. The van der Waals surface area contributed by atoms with Crippen molar-refractivity contribution in [2.24, 2.45) is 7.05 Å². The maximum atomic E-state index is 12.8. The van der Waals surface area contributed by atoms with Crippen LogP contribution in [0.25, 0.3) is 0 Å². The largest absolute Gasteiger partial charge is 0.485 e. The zero-order chi connectivity index (χ0) is 23.0. The van der Waals surface area contributed by atoms with Crippen molar-refractivity contribution in [1.82, 2.24) is 19.3 Å². The predicted molar refractivity (Wildman–Crippen MR) is 111 cm³/mol. The number of Topliss-reactive ketones (excluding diaryl/α,β-unsaturated/α-hetero) is 1. The van der Waals surface area contributed by atoms with Crippen LogP contribution in [0.1, 0.15) is 33.7 Å². The number of aromatic nitrogens is 4. The fourth-order valence-electron chi connectivity index (χ4n) is 3.59. The highest BCUT2D eigenvalue weighted by atomic mass is 32.2. The molecule has 4 rings (SSSR count). The number of aryl methyl sites for hydroxylation is 1. The van der Waals surface area contributed by atoms with Gasteiger partial charge in [-0.3, -0.25) is 4.79 Å². The number of rotatable bonds is 6. The van der Waals surface area contributed by atoms with Crippen molar-refractivity contribution in [3.8, 4) is 11.5 Å². The van der Waals surface area contributed by atoms with Gasteiger partial charge in [-0.2, -0.15) is 13.2 Å². The van der Waals surface area contributed by atoms with Crippen molar-refractivity contribution in [2.45, 2.75) is 37.8 Å². The van der Waals surface area contributed by atoms with Crippen LogP contribution in [0.2, 0.25) is 0 Å². The molecule has 0 amide bonds. The molecular weight excluding hydrogens is 445 g/mol. The standard InChI is InChI=1S/C21H21F3N4O3S/c1-12-8-14(13(2)28(12)11-21(22,23)24)15(29)10-32-20-26-25-19(27(20)3)18-9-30-16-6-4-5-7-17(16)31-18/h4-8,18H,9-11H2,1-3H3. The number of hydrogen-bond donors (Lipinski definition) is 0. The molecule has 3 aromatic rings. The first-order chi connectivity index (χ1) is 15.1. The van der Waals surface area contributed by atoms with Crippen LogP contribution in [0.5, 0.6) is 11.5 Å². The van der Waals surface area contributed by atoms with Crippen molar-refractivity contribution in [3.63, 3.8) is 0 Å². The summed E-state index contributed by atoms with van der Waals surface area (Å²) in [6.45, 7) is 2.24. The van der Waals surface area contributed by atoms with Gasteiger partial charge in [0, 0.05) is 24.0 Å². The lowest BCUT2D eigenvalue weighted by molar-refractivity contribution is -0.141. The third-order valence-electron chi connectivity index (χ3n) is 5.21. The van der Waals surface area contributed by atoms with Gasteiger partial charge in [0.2, 0.25) is 0 Å². The Labute approximate surface area is 186 Å². The molecule has 1 atom stereocenters. The van der Waals surface area contributed by atoms with E-state index in [1.54, 1.807) is 24.6 Å². The monoisotopic (exact) mass is 466 g/mol. The van der Waals surface area contributed by atoms with Crippen molar-refractivity contribution >= 4 is 17.5 Å². The number of fused-ring (bicyclic) bond motifs is 1. The summed E-state index contributed by atoms with van der Waals surface area (Å²) in [7, 11) is 1.77. The van der Waals surface area contributed by atoms with E-state index in [1.165, 1.54) is 24.8 Å². The van der Waals surface area contributed by atoms with Crippen LogP contribution in [0.15, 0.2) is 35.5 Å². The number of ketones is 1. The summed E-state index contributed by atoms with van der Waals surface area (Å²) in [5, 5.41) is 8.83. The molecule has 0 spiro atoms. The first kappa shape index (κ1) is 22.3. The topological polar surface area (TPSA) is 71.2 Å². The molecule has 2 aromatic heterocycles. The van der Waals surface area contributed by atoms with Crippen LogP contribution in [-0.2, 0) is 13.6 Å². The number of hydrogen-bond acceptors (Lipinski definition) is 6. The molecule has 0 bridgehead atoms. The quantitative estimate of drug-likeness (QED) is 0.399. The molecule has 0 N–H and O–H groups in total. The van der Waals surface area contributed by atoms with E-state index in [2.05, 4.69) is 10.2 Å². The van der Waals surface area contributed by atoms with E-state index in [1.807, 2.05) is 18.2 Å². The number of carbonyl (C=O) groups is 1. The van der Waals surface area contributed by atoms with Gasteiger partial charge in [0.15, 0.2) is 34.4 Å². The molecule has 0 saturated heterocycles. The highest BCUT2D eigenvalue weighted by Crippen LogP contribution is 2.36. The van der Waals surface area contributed by atoms with Crippen LogP contribution >= 0.6 is 11.8 Å². The van der Waals surface area contributed by atoms with E-state index in [0.717, 1.165) is 4.57 Å². The lowest BCUT2D eigenvalue weighted by atomic mass is 10.2. The van der Waals surface area contributed by atoms with Gasteiger partial charge < -0.3 is 18.6 Å². The van der Waals surface area contributed by atoms with Crippen molar-refractivity contribution in [2.75, 3.05) is 12.4 Å². The molecule has 0 fully saturated rings. The van der Waals surface area contributed by atoms with Gasteiger partial charge in [0.25, 0.3) is 0 Å². The van der Waals surface area contributed by atoms with E-state index in [-0.39, 0.29) is 23.7 Å². The highest BCUT2D eigenvalue weighted by Gasteiger charge is 2.31. The average Bonchev–Trinajstić information content (AvgIpc) is 3.25. The summed E-state index contributed by atoms with van der Waals surface area (Å²) in [6.07, 6.45) is -4.81. The Morgan fingerprint density at radius 2 is 1.94 bits per heavy atom. The van der Waals surface area contributed by atoms with Gasteiger partial charge >= 0.3 is 6.18 Å². The van der Waals surface area contributed by atoms with Gasteiger partial charge in [-0.25, -0.2) is 0 Å². The minimum absolute atomic E-state index is 0.0210. The molecule has 1 aromatic carbocycles. The molecule has 3 heterocycles. The van der Waals surface area contributed by atoms with Crippen LogP contribution in [-0.4, -0.2) is 43.7 Å². The molecule has 11 heteroatoms. The van der Waals surface area contributed by atoms with Crippen LogP contribution < -0.4 is 9.47 Å². The minimum atomic E-state index is -4.36. The number of benzene rings is 1. The molecule has 0 aliphatic carbocycles. The normalized spacial score (nSPS) is 15.8. The maximum absolute atomic E-state index is 12.8. The average molecular weight is 466 g/mol. The van der Waals surface area contributed by atoms with Crippen LogP contribution in [0.3, 0.4) is 0 Å². The molecular formula is C21H21F3N4O3S. The number of carbonyl (C=O) groups excluding carboxylic acids is 1. The lowest BCUT2D eigenvalue weighted by Crippen LogP contribution is -2.24. The molecule has 1 aliphatic rings. The highest BCUT2D eigenvalue weighted by molar-refractivity contribution is 7.99. The van der Waals surface area contributed by atoms with E-state index in [4.69, 9.17) is 9.47 Å².